The van der Waals surface area contributed by atoms with Gasteiger partial charge in [-0.3, -0.25) is 4.57 Å². The van der Waals surface area contributed by atoms with Crippen molar-refractivity contribution in [3.63, 3.8) is 0 Å². The molecule has 26 heavy (non-hydrogen) atoms. The number of hydrogen-bond acceptors (Lipinski definition) is 1. The molecule has 3 rings (SSSR count). The number of nitrogens with zero attached hydrogens (tertiary/aromatic N) is 2. The summed E-state index contributed by atoms with van der Waals surface area (Å²) in [5.41, 5.74) is 8.86. The molecule has 2 aromatic carbocycles. The average Bonchev–Trinajstić information content (AvgIpc) is 2.95. The standard InChI is InChI=1S/C24H30N2/c1-8-24(6,7)21-12-10-9-11-20(21)23-25-19(5)15-26(23)22-17(3)13-16(2)14-18(22)4/h9-15H,8H2,1-7H3. The maximum Gasteiger partial charge on any atom is 0.145 e. The Hall–Kier alpha value is -2.35. The van der Waals surface area contributed by atoms with E-state index in [4.69, 9.17) is 4.98 Å². The highest BCUT2D eigenvalue weighted by Gasteiger charge is 2.24. The van der Waals surface area contributed by atoms with Gasteiger partial charge in [0.15, 0.2) is 0 Å². The van der Waals surface area contributed by atoms with E-state index in [0.717, 1.165) is 17.9 Å². The highest BCUT2D eigenvalue weighted by Crippen LogP contribution is 2.36. The molecule has 3 aromatic rings. The van der Waals surface area contributed by atoms with Gasteiger partial charge < -0.3 is 0 Å². The Balaban J connectivity index is 2.29. The van der Waals surface area contributed by atoms with Crippen molar-refractivity contribution < 1.29 is 0 Å². The van der Waals surface area contributed by atoms with E-state index in [1.54, 1.807) is 0 Å². The number of imidazole rings is 1. The Kier molecular flexibility index (Phi) is 4.79. The largest absolute Gasteiger partial charge is 0.299 e. The summed E-state index contributed by atoms with van der Waals surface area (Å²) in [7, 11) is 0. The monoisotopic (exact) mass is 346 g/mol. The lowest BCUT2D eigenvalue weighted by atomic mass is 9.79. The summed E-state index contributed by atoms with van der Waals surface area (Å²) in [5, 5.41) is 0. The van der Waals surface area contributed by atoms with E-state index in [9.17, 15) is 0 Å². The molecule has 0 N–H and O–H groups in total. The fraction of sp³-hybridized carbons (Fsp3) is 0.375. The van der Waals surface area contributed by atoms with Crippen LogP contribution < -0.4 is 0 Å². The van der Waals surface area contributed by atoms with Crippen LogP contribution in [0.4, 0.5) is 0 Å². The third-order valence-corrected chi connectivity index (χ3v) is 5.48. The lowest BCUT2D eigenvalue weighted by Gasteiger charge is -2.26. The first-order valence-corrected chi connectivity index (χ1v) is 9.48. The number of aryl methyl sites for hydroxylation is 4. The number of hydrogen-bond donors (Lipinski definition) is 0. The normalized spacial score (nSPS) is 11.8. The van der Waals surface area contributed by atoms with E-state index in [-0.39, 0.29) is 5.41 Å². The van der Waals surface area contributed by atoms with Gasteiger partial charge in [-0.15, -0.1) is 0 Å². The van der Waals surface area contributed by atoms with Gasteiger partial charge in [-0.2, -0.15) is 0 Å². The third-order valence-electron chi connectivity index (χ3n) is 5.48. The van der Waals surface area contributed by atoms with Crippen molar-refractivity contribution >= 4 is 0 Å². The molecule has 0 aliphatic rings. The van der Waals surface area contributed by atoms with E-state index in [1.165, 1.54) is 33.5 Å². The van der Waals surface area contributed by atoms with Crippen LogP contribution in [0, 0.1) is 27.7 Å². The molecule has 0 saturated heterocycles. The summed E-state index contributed by atoms with van der Waals surface area (Å²) in [6.07, 6.45) is 3.25. The predicted molar refractivity (Wildman–Crippen MR) is 111 cm³/mol. The minimum atomic E-state index is 0.110. The lowest BCUT2D eigenvalue weighted by Crippen LogP contribution is -2.17. The molecule has 0 aliphatic heterocycles. The maximum atomic E-state index is 4.93. The first-order chi connectivity index (χ1) is 12.2. The van der Waals surface area contributed by atoms with Crippen LogP contribution in [0.3, 0.4) is 0 Å². The number of aromatic nitrogens is 2. The van der Waals surface area contributed by atoms with Gasteiger partial charge in [-0.25, -0.2) is 4.98 Å². The third kappa shape index (κ3) is 3.21. The molecule has 0 radical (unpaired) electrons. The van der Waals surface area contributed by atoms with Crippen molar-refractivity contribution in [2.45, 2.75) is 60.3 Å². The van der Waals surface area contributed by atoms with Crippen molar-refractivity contribution in [3.8, 4) is 17.1 Å². The van der Waals surface area contributed by atoms with Gasteiger partial charge >= 0.3 is 0 Å². The first-order valence-electron chi connectivity index (χ1n) is 9.48. The van der Waals surface area contributed by atoms with Crippen LogP contribution in [-0.2, 0) is 5.41 Å². The molecular formula is C24H30N2. The summed E-state index contributed by atoms with van der Waals surface area (Å²) in [5.74, 6) is 1.04. The molecule has 0 amide bonds. The van der Waals surface area contributed by atoms with E-state index in [0.29, 0.717) is 0 Å². The molecule has 0 spiro atoms. The molecule has 136 valence electrons. The second-order valence-electron chi connectivity index (χ2n) is 8.11. The summed E-state index contributed by atoms with van der Waals surface area (Å²) in [4.78, 5) is 4.93. The van der Waals surface area contributed by atoms with Crippen LogP contribution in [0.25, 0.3) is 17.1 Å². The van der Waals surface area contributed by atoms with E-state index in [2.05, 4.69) is 95.6 Å². The Bertz CT molecular complexity index is 922. The van der Waals surface area contributed by atoms with Gasteiger partial charge in [0.1, 0.15) is 5.82 Å². The Morgan fingerprint density at radius 2 is 1.58 bits per heavy atom. The van der Waals surface area contributed by atoms with E-state index < -0.39 is 0 Å². The van der Waals surface area contributed by atoms with Gasteiger partial charge in [0.2, 0.25) is 0 Å². The average molecular weight is 347 g/mol. The summed E-state index contributed by atoms with van der Waals surface area (Å²) < 4.78 is 2.28. The fourth-order valence-electron chi connectivity index (χ4n) is 3.87. The van der Waals surface area contributed by atoms with Gasteiger partial charge in [0.05, 0.1) is 11.4 Å². The van der Waals surface area contributed by atoms with Gasteiger partial charge in [0.25, 0.3) is 0 Å². The van der Waals surface area contributed by atoms with Crippen LogP contribution in [0.1, 0.15) is 55.1 Å². The summed E-state index contributed by atoms with van der Waals surface area (Å²) >= 11 is 0. The van der Waals surface area contributed by atoms with E-state index in [1.807, 2.05) is 0 Å². The topological polar surface area (TPSA) is 17.8 Å². The van der Waals surface area contributed by atoms with Crippen molar-refractivity contribution in [1.29, 1.82) is 0 Å². The molecule has 0 aliphatic carbocycles. The zero-order chi connectivity index (χ0) is 19.1. The second kappa shape index (κ2) is 6.75. The highest BCUT2D eigenvalue weighted by atomic mass is 15.1. The van der Waals surface area contributed by atoms with Crippen LogP contribution >= 0.6 is 0 Å². The molecule has 1 aromatic heterocycles. The quantitative estimate of drug-likeness (QED) is 0.530. The van der Waals surface area contributed by atoms with Gasteiger partial charge in [-0.05, 0) is 56.2 Å². The van der Waals surface area contributed by atoms with Crippen molar-refractivity contribution in [3.05, 3.63) is 70.5 Å². The molecule has 0 fully saturated rings. The highest BCUT2D eigenvalue weighted by molar-refractivity contribution is 5.67. The lowest BCUT2D eigenvalue weighted by molar-refractivity contribution is 0.507. The second-order valence-corrected chi connectivity index (χ2v) is 8.11. The van der Waals surface area contributed by atoms with Crippen molar-refractivity contribution in [1.82, 2.24) is 9.55 Å². The SMILES string of the molecule is CCC(C)(C)c1ccccc1-c1nc(C)cn1-c1c(C)cc(C)cc1C. The molecule has 0 atom stereocenters. The first kappa shape index (κ1) is 18.4. The molecule has 0 unspecified atom stereocenters. The molecule has 0 saturated carbocycles. The van der Waals surface area contributed by atoms with Gasteiger partial charge in [0, 0.05) is 11.8 Å². The minimum absolute atomic E-state index is 0.110. The summed E-state index contributed by atoms with van der Waals surface area (Å²) in [6, 6.07) is 13.2. The summed E-state index contributed by atoms with van der Waals surface area (Å²) in [6.45, 7) is 15.5. The molecule has 0 bridgehead atoms. The van der Waals surface area contributed by atoms with Crippen LogP contribution in [0.2, 0.25) is 0 Å². The van der Waals surface area contributed by atoms with Crippen molar-refractivity contribution in [2.24, 2.45) is 0 Å². The Labute approximate surface area is 157 Å². The molecule has 1 heterocycles. The minimum Gasteiger partial charge on any atom is -0.299 e. The van der Waals surface area contributed by atoms with E-state index >= 15 is 0 Å². The maximum absolute atomic E-state index is 4.93. The Morgan fingerprint density at radius 3 is 2.19 bits per heavy atom. The van der Waals surface area contributed by atoms with Gasteiger partial charge in [-0.1, -0.05) is 62.7 Å². The Morgan fingerprint density at radius 1 is 0.962 bits per heavy atom. The van der Waals surface area contributed by atoms with Crippen molar-refractivity contribution in [2.75, 3.05) is 0 Å². The van der Waals surface area contributed by atoms with Crippen LogP contribution in [-0.4, -0.2) is 9.55 Å². The molecule has 2 heteroatoms. The zero-order valence-electron chi connectivity index (χ0n) is 17.1. The fourth-order valence-corrected chi connectivity index (χ4v) is 3.87. The number of benzene rings is 2. The zero-order valence-corrected chi connectivity index (χ0v) is 17.1. The molecular weight excluding hydrogens is 316 g/mol. The predicted octanol–water partition coefficient (Wildman–Crippen LogP) is 6.46. The molecule has 2 nitrogen and oxygen atoms in total. The van der Waals surface area contributed by atoms with Crippen LogP contribution in [0.5, 0.6) is 0 Å². The smallest absolute Gasteiger partial charge is 0.145 e. The van der Waals surface area contributed by atoms with Crippen LogP contribution in [0.15, 0.2) is 42.6 Å². The number of rotatable bonds is 4.